The molecular weight excluding hydrogens is 406 g/mol. The lowest BCUT2D eigenvalue weighted by atomic mass is 9.51. The van der Waals surface area contributed by atoms with Crippen molar-refractivity contribution in [3.63, 3.8) is 0 Å². The maximum atomic E-state index is 12.2. The second kappa shape index (κ2) is 7.88. The Kier molecular flexibility index (Phi) is 5.37. The highest BCUT2D eigenvalue weighted by atomic mass is 16.3. The van der Waals surface area contributed by atoms with Crippen molar-refractivity contribution < 1.29 is 9.90 Å². The van der Waals surface area contributed by atoms with Gasteiger partial charge >= 0.3 is 0 Å². The van der Waals surface area contributed by atoms with Crippen LogP contribution in [0.5, 0.6) is 0 Å². The summed E-state index contributed by atoms with van der Waals surface area (Å²) >= 11 is 0. The molecule has 0 saturated heterocycles. The summed E-state index contributed by atoms with van der Waals surface area (Å²) in [5, 5.41) is 12.0. The van der Waals surface area contributed by atoms with E-state index in [1.807, 2.05) is 13.0 Å². The van der Waals surface area contributed by atoms with Gasteiger partial charge in [-0.2, -0.15) is 0 Å². The molecule has 1 N–H and O–H groups in total. The number of nitrogens with zero attached hydrogens (tertiary/aromatic N) is 1. The van der Waals surface area contributed by atoms with E-state index in [0.29, 0.717) is 18.3 Å². The van der Waals surface area contributed by atoms with E-state index in [1.165, 1.54) is 22.4 Å². The van der Waals surface area contributed by atoms with Gasteiger partial charge < -0.3 is 10.0 Å². The minimum atomic E-state index is -0.955. The smallest absolute Gasteiger partial charge is 0.156 e. The number of carbonyl (C=O) groups excluding carboxylic acids is 1. The first-order chi connectivity index (χ1) is 15.7. The van der Waals surface area contributed by atoms with Crippen LogP contribution < -0.4 is 4.90 Å². The van der Waals surface area contributed by atoms with Crippen molar-refractivity contribution >= 4 is 11.5 Å². The van der Waals surface area contributed by atoms with Crippen molar-refractivity contribution in [2.24, 2.45) is 23.2 Å². The van der Waals surface area contributed by atoms with Crippen LogP contribution in [0.3, 0.4) is 0 Å². The number of anilines is 1. The van der Waals surface area contributed by atoms with Gasteiger partial charge in [-0.05, 0) is 91.7 Å². The molecule has 2 saturated carbocycles. The van der Waals surface area contributed by atoms with Crippen LogP contribution in [-0.2, 0) is 4.79 Å². The van der Waals surface area contributed by atoms with Gasteiger partial charge in [0, 0.05) is 37.5 Å². The van der Waals surface area contributed by atoms with Gasteiger partial charge in [0.05, 0.1) is 0 Å². The highest BCUT2D eigenvalue weighted by molar-refractivity contribution is 5.93. The van der Waals surface area contributed by atoms with Gasteiger partial charge in [0.1, 0.15) is 5.60 Å². The monoisotopic (exact) mass is 443 g/mol. The van der Waals surface area contributed by atoms with Gasteiger partial charge in [0.25, 0.3) is 0 Å². The molecule has 0 heterocycles. The Bertz CT molecular complexity index is 1100. The van der Waals surface area contributed by atoms with Crippen LogP contribution in [0.1, 0.15) is 70.8 Å². The third kappa shape index (κ3) is 3.25. The maximum absolute atomic E-state index is 12.2. The molecule has 0 aromatic heterocycles. The van der Waals surface area contributed by atoms with Gasteiger partial charge in [-0.1, -0.05) is 37.5 Å². The molecule has 3 nitrogen and oxygen atoms in total. The molecule has 0 bridgehead atoms. The molecule has 174 valence electrons. The molecule has 0 radical (unpaired) electrons. The first-order valence-corrected chi connectivity index (χ1v) is 12.6. The first kappa shape index (κ1) is 22.5. The Hall–Kier alpha value is -2.31. The maximum Gasteiger partial charge on any atom is 0.156 e. The lowest BCUT2D eigenvalue weighted by Crippen LogP contribution is -2.52. The molecule has 1 unspecified atom stereocenters. The van der Waals surface area contributed by atoms with Gasteiger partial charge in [0.15, 0.2) is 5.78 Å². The fourth-order valence-electron chi connectivity index (χ4n) is 7.76. The summed E-state index contributed by atoms with van der Waals surface area (Å²) in [5.41, 5.74) is 5.63. The molecule has 6 atom stereocenters. The topological polar surface area (TPSA) is 40.5 Å². The minimum absolute atomic E-state index is 0.158. The average molecular weight is 444 g/mol. The Labute approximate surface area is 199 Å². The minimum Gasteiger partial charge on any atom is -0.378 e. The van der Waals surface area contributed by atoms with Crippen LogP contribution >= 0.6 is 0 Å². The molecule has 0 amide bonds. The standard InChI is InChI=1S/C30H37NO2/c1-6-15-30(33)19(2)16-27-25-13-9-21-17-23(32)12-14-24(21)28(25)26(18-29(27,30)3)20-7-10-22(11-8-20)31(4)5/h7-8,10-11,17,19,25-27,33H,9,12-14,16,18H2,1-5H3/t19?,25-,26+,27-,29-,30-/m0/s1. The molecule has 0 spiro atoms. The zero-order valence-corrected chi connectivity index (χ0v) is 20.7. The number of hydrogen-bond acceptors (Lipinski definition) is 3. The molecule has 1 aromatic carbocycles. The molecule has 3 heteroatoms. The number of carbonyl (C=O) groups is 1. The van der Waals surface area contributed by atoms with Gasteiger partial charge in [-0.15, -0.1) is 5.92 Å². The number of allylic oxidation sites excluding steroid dienone is 4. The molecule has 4 aliphatic carbocycles. The number of benzene rings is 1. The Morgan fingerprint density at radius 2 is 1.85 bits per heavy atom. The van der Waals surface area contributed by atoms with E-state index < -0.39 is 5.60 Å². The van der Waals surface area contributed by atoms with Crippen molar-refractivity contribution in [1.29, 1.82) is 0 Å². The SMILES string of the molecule is CC#C[C@]1(O)C(C)C[C@H]2[C@@H]3CCC4=CC(=O)CCC4=C3[C@@H](c3ccc(N(C)C)cc3)C[C@@]21C. The highest BCUT2D eigenvalue weighted by Gasteiger charge is 2.65. The van der Waals surface area contributed by atoms with Crippen LogP contribution in [0.2, 0.25) is 0 Å². The average Bonchev–Trinajstić information content (AvgIpc) is 2.99. The molecule has 1 aromatic rings. The number of fused-ring (bicyclic) bond motifs is 4. The third-order valence-corrected chi connectivity index (χ3v) is 9.44. The summed E-state index contributed by atoms with van der Waals surface area (Å²) < 4.78 is 0. The van der Waals surface area contributed by atoms with Gasteiger partial charge in [-0.3, -0.25) is 4.79 Å². The van der Waals surface area contributed by atoms with Crippen LogP contribution in [0.15, 0.2) is 47.1 Å². The molecule has 0 aliphatic heterocycles. The van der Waals surface area contributed by atoms with E-state index in [2.05, 4.69) is 68.9 Å². The predicted octanol–water partition coefficient (Wildman–Crippen LogP) is 5.65. The summed E-state index contributed by atoms with van der Waals surface area (Å²) in [6.07, 6.45) is 7.43. The third-order valence-electron chi connectivity index (χ3n) is 9.44. The van der Waals surface area contributed by atoms with Crippen LogP contribution in [0, 0.1) is 35.0 Å². The Morgan fingerprint density at radius 3 is 2.52 bits per heavy atom. The lowest BCUT2D eigenvalue weighted by molar-refractivity contribution is -0.114. The van der Waals surface area contributed by atoms with E-state index in [1.54, 1.807) is 5.57 Å². The number of aliphatic hydroxyl groups is 1. The Morgan fingerprint density at radius 1 is 1.12 bits per heavy atom. The number of hydrogen-bond donors (Lipinski definition) is 1. The van der Waals surface area contributed by atoms with Crippen molar-refractivity contribution in [3.8, 4) is 11.8 Å². The largest absolute Gasteiger partial charge is 0.378 e. The second-order valence-electron chi connectivity index (χ2n) is 11.3. The first-order valence-electron chi connectivity index (χ1n) is 12.6. The molecule has 5 rings (SSSR count). The van der Waals surface area contributed by atoms with Gasteiger partial charge in [0.2, 0.25) is 0 Å². The Balaban J connectivity index is 1.69. The van der Waals surface area contributed by atoms with Crippen LogP contribution in [0.4, 0.5) is 5.69 Å². The number of ketones is 1. The highest BCUT2D eigenvalue weighted by Crippen LogP contribution is 2.67. The van der Waals surface area contributed by atoms with E-state index in [4.69, 9.17) is 0 Å². The van der Waals surface area contributed by atoms with E-state index in [0.717, 1.165) is 32.1 Å². The van der Waals surface area contributed by atoms with E-state index in [-0.39, 0.29) is 23.0 Å². The second-order valence-corrected chi connectivity index (χ2v) is 11.3. The summed E-state index contributed by atoms with van der Waals surface area (Å²) in [7, 11) is 4.14. The normalized spacial score (nSPS) is 37.4. The summed E-state index contributed by atoms with van der Waals surface area (Å²) in [6.45, 7) is 6.35. The fourth-order valence-corrected chi connectivity index (χ4v) is 7.76. The van der Waals surface area contributed by atoms with Crippen molar-refractivity contribution in [3.05, 3.63) is 52.6 Å². The van der Waals surface area contributed by atoms with Gasteiger partial charge in [-0.25, -0.2) is 0 Å². The molecular formula is C30H37NO2. The van der Waals surface area contributed by atoms with Crippen molar-refractivity contribution in [1.82, 2.24) is 0 Å². The van der Waals surface area contributed by atoms with Crippen molar-refractivity contribution in [2.45, 2.75) is 70.8 Å². The van der Waals surface area contributed by atoms with Crippen molar-refractivity contribution in [2.75, 3.05) is 19.0 Å². The quantitative estimate of drug-likeness (QED) is 0.600. The lowest BCUT2D eigenvalue weighted by Gasteiger charge is -2.54. The summed E-state index contributed by atoms with van der Waals surface area (Å²) in [5.74, 6) is 7.94. The number of rotatable bonds is 2. The molecule has 2 fully saturated rings. The summed E-state index contributed by atoms with van der Waals surface area (Å²) in [4.78, 5) is 14.3. The zero-order chi connectivity index (χ0) is 23.5. The predicted molar refractivity (Wildman–Crippen MR) is 134 cm³/mol. The zero-order valence-electron chi connectivity index (χ0n) is 20.7. The fraction of sp³-hybridized carbons (Fsp3) is 0.567. The molecule has 4 aliphatic rings. The van der Waals surface area contributed by atoms with E-state index in [9.17, 15) is 9.90 Å². The van der Waals surface area contributed by atoms with Crippen LogP contribution in [-0.4, -0.2) is 30.6 Å². The van der Waals surface area contributed by atoms with E-state index >= 15 is 0 Å². The van der Waals surface area contributed by atoms with Crippen LogP contribution in [0.25, 0.3) is 0 Å². The molecule has 33 heavy (non-hydrogen) atoms. The summed E-state index contributed by atoms with van der Waals surface area (Å²) in [6, 6.07) is 8.99.